The molecule has 0 spiro atoms. The predicted octanol–water partition coefficient (Wildman–Crippen LogP) is 5.54. The minimum atomic E-state index is -0.574. The van der Waals surface area contributed by atoms with Gasteiger partial charge >= 0.3 is 0 Å². The van der Waals surface area contributed by atoms with Crippen molar-refractivity contribution in [3.8, 4) is 11.5 Å². The van der Waals surface area contributed by atoms with Gasteiger partial charge in [0.1, 0.15) is 11.5 Å². The number of ether oxygens (including phenoxy) is 2. The Morgan fingerprint density at radius 2 is 0.929 bits per heavy atom. The van der Waals surface area contributed by atoms with E-state index in [1.54, 1.807) is 36.4 Å². The lowest BCUT2D eigenvalue weighted by atomic mass is 10.1. The van der Waals surface area contributed by atoms with Crippen molar-refractivity contribution in [1.82, 2.24) is 21.7 Å². The summed E-state index contributed by atoms with van der Waals surface area (Å²) in [7, 11) is 0. The molecule has 3 aromatic rings. The molecule has 0 radical (unpaired) electrons. The molecule has 4 amide bonds. The predicted molar refractivity (Wildman–Crippen MR) is 160 cm³/mol. The van der Waals surface area contributed by atoms with E-state index in [9.17, 15) is 19.2 Å². The number of carbonyl (C=O) groups excluding carboxylic acids is 4. The van der Waals surface area contributed by atoms with E-state index in [0.29, 0.717) is 44.4 Å². The van der Waals surface area contributed by atoms with E-state index in [-0.39, 0.29) is 37.2 Å². The molecule has 0 saturated carbocycles. The van der Waals surface area contributed by atoms with Gasteiger partial charge < -0.3 is 9.47 Å². The molecule has 0 heterocycles. The second-order valence-corrected chi connectivity index (χ2v) is 10.3. The van der Waals surface area contributed by atoms with Crippen LogP contribution in [0.4, 0.5) is 0 Å². The number of rotatable bonds is 12. The van der Waals surface area contributed by atoms with E-state index in [2.05, 4.69) is 21.7 Å². The highest BCUT2D eigenvalue weighted by Crippen LogP contribution is 2.28. The lowest BCUT2D eigenvalue weighted by molar-refractivity contribution is -0.122. The van der Waals surface area contributed by atoms with E-state index in [0.717, 1.165) is 0 Å². The number of nitrogens with one attached hydrogen (secondary N) is 4. The molecular weight excluding hydrogens is 630 g/mol. The van der Waals surface area contributed by atoms with Crippen molar-refractivity contribution < 1.29 is 28.7 Å². The molecule has 3 rings (SSSR count). The van der Waals surface area contributed by atoms with E-state index in [1.807, 2.05) is 0 Å². The summed E-state index contributed by atoms with van der Waals surface area (Å²) in [5.41, 5.74) is 9.66. The van der Waals surface area contributed by atoms with Gasteiger partial charge in [-0.3, -0.25) is 40.9 Å². The summed E-state index contributed by atoms with van der Waals surface area (Å²) in [4.78, 5) is 48.7. The normalized spacial score (nSPS) is 10.4. The zero-order valence-corrected chi connectivity index (χ0v) is 25.0. The number of benzene rings is 3. The molecule has 0 saturated heterocycles. The summed E-state index contributed by atoms with van der Waals surface area (Å²) < 4.78 is 11.0. The van der Waals surface area contributed by atoms with E-state index in [4.69, 9.17) is 55.9 Å². The lowest BCUT2D eigenvalue weighted by Crippen LogP contribution is -2.42. The highest BCUT2D eigenvalue weighted by atomic mass is 35.5. The lowest BCUT2D eigenvalue weighted by Gasteiger charge is -2.10. The number of halogens is 4. The number of carbonyl (C=O) groups is 4. The molecule has 0 bridgehead atoms. The molecule has 10 nitrogen and oxygen atoms in total. The van der Waals surface area contributed by atoms with Gasteiger partial charge in [-0.2, -0.15) is 0 Å². The maximum atomic E-state index is 12.3. The minimum Gasteiger partial charge on any atom is -0.492 e. The number of hydrogen-bond acceptors (Lipinski definition) is 6. The summed E-state index contributed by atoms with van der Waals surface area (Å²) in [6.45, 7) is 0.474. The van der Waals surface area contributed by atoms with Gasteiger partial charge in [-0.15, -0.1) is 0 Å². The molecule has 0 atom stereocenters. The van der Waals surface area contributed by atoms with Crippen LogP contribution in [0.15, 0.2) is 60.7 Å². The topological polar surface area (TPSA) is 135 Å². The first-order valence-corrected chi connectivity index (χ1v) is 14.1. The van der Waals surface area contributed by atoms with Gasteiger partial charge in [0, 0.05) is 34.0 Å². The first kappa shape index (κ1) is 32.8. The van der Waals surface area contributed by atoms with Gasteiger partial charge in [0.25, 0.3) is 11.8 Å². The van der Waals surface area contributed by atoms with Gasteiger partial charge in [0.2, 0.25) is 11.8 Å². The van der Waals surface area contributed by atoms with Crippen molar-refractivity contribution in [2.75, 3.05) is 13.2 Å². The molecule has 42 heavy (non-hydrogen) atoms. The van der Waals surface area contributed by atoms with Gasteiger partial charge in [0.05, 0.1) is 23.3 Å². The molecule has 0 aliphatic heterocycles. The van der Waals surface area contributed by atoms with Crippen LogP contribution in [0.3, 0.4) is 0 Å². The van der Waals surface area contributed by atoms with Crippen molar-refractivity contribution >= 4 is 70.0 Å². The molecule has 14 heteroatoms. The summed E-state index contributed by atoms with van der Waals surface area (Å²) in [6.07, 6.45) is 0.959. The molecule has 0 aliphatic rings. The molecule has 222 valence electrons. The Morgan fingerprint density at radius 3 is 1.29 bits per heavy atom. The third-order valence-corrected chi connectivity index (χ3v) is 6.50. The molecule has 0 aromatic heterocycles. The third-order valence-electron chi connectivity index (χ3n) is 5.44. The van der Waals surface area contributed by atoms with Crippen LogP contribution in [0, 0.1) is 0 Å². The summed E-state index contributed by atoms with van der Waals surface area (Å²) in [5.74, 6) is -1.07. The van der Waals surface area contributed by atoms with Crippen LogP contribution in [-0.2, 0) is 9.59 Å². The Bertz CT molecular complexity index is 1320. The van der Waals surface area contributed by atoms with E-state index in [1.165, 1.54) is 24.3 Å². The fourth-order valence-electron chi connectivity index (χ4n) is 3.31. The molecule has 3 aromatic carbocycles. The average Bonchev–Trinajstić information content (AvgIpc) is 2.97. The third kappa shape index (κ3) is 10.9. The van der Waals surface area contributed by atoms with Gasteiger partial charge in [-0.05, 0) is 73.5 Å². The zero-order chi connectivity index (χ0) is 30.5. The summed E-state index contributed by atoms with van der Waals surface area (Å²) >= 11 is 23.7. The Hall–Kier alpha value is -3.70. The van der Waals surface area contributed by atoms with Crippen LogP contribution in [0.25, 0.3) is 0 Å². The monoisotopic (exact) mass is 654 g/mol. The van der Waals surface area contributed by atoms with Crippen molar-refractivity contribution in [3.63, 3.8) is 0 Å². The van der Waals surface area contributed by atoms with Gasteiger partial charge in [-0.1, -0.05) is 46.4 Å². The fraction of sp³-hybridized carbons (Fsp3) is 0.214. The number of amides is 4. The Kier molecular flexibility index (Phi) is 13.0. The molecular formula is C28H26Cl4N4O6. The van der Waals surface area contributed by atoms with Crippen LogP contribution in [0.5, 0.6) is 11.5 Å². The van der Waals surface area contributed by atoms with E-state index >= 15 is 0 Å². The van der Waals surface area contributed by atoms with Gasteiger partial charge in [-0.25, -0.2) is 0 Å². The number of hydrogen-bond donors (Lipinski definition) is 4. The van der Waals surface area contributed by atoms with Crippen molar-refractivity contribution in [3.05, 3.63) is 91.9 Å². The maximum Gasteiger partial charge on any atom is 0.269 e. The Balaban J connectivity index is 1.30. The van der Waals surface area contributed by atoms with Crippen LogP contribution >= 0.6 is 46.4 Å². The minimum absolute atomic E-state index is 0.0973. The van der Waals surface area contributed by atoms with E-state index < -0.39 is 23.6 Å². The van der Waals surface area contributed by atoms with Crippen LogP contribution in [-0.4, -0.2) is 36.8 Å². The second-order valence-electron chi connectivity index (χ2n) is 8.64. The van der Waals surface area contributed by atoms with Crippen LogP contribution in [0.2, 0.25) is 20.1 Å². The van der Waals surface area contributed by atoms with Gasteiger partial charge in [0.15, 0.2) is 0 Å². The quantitative estimate of drug-likeness (QED) is 0.150. The highest BCUT2D eigenvalue weighted by Gasteiger charge is 2.12. The van der Waals surface area contributed by atoms with Crippen molar-refractivity contribution in [2.24, 2.45) is 0 Å². The maximum absolute atomic E-state index is 12.3. The zero-order valence-electron chi connectivity index (χ0n) is 22.0. The highest BCUT2D eigenvalue weighted by molar-refractivity contribution is 6.36. The van der Waals surface area contributed by atoms with Crippen LogP contribution < -0.4 is 31.2 Å². The molecule has 0 unspecified atom stereocenters. The summed E-state index contributed by atoms with van der Waals surface area (Å²) in [5, 5.41) is 1.71. The van der Waals surface area contributed by atoms with Crippen molar-refractivity contribution in [2.45, 2.75) is 25.7 Å². The van der Waals surface area contributed by atoms with Crippen molar-refractivity contribution in [1.29, 1.82) is 0 Å². The standard InChI is InChI=1S/C28H26Cl4N4O6/c29-19-9-11-23(21(31)15-19)41-13-1-3-25(37)33-35-27(39)17-5-7-18(8-6-17)28(40)36-34-26(38)4-2-14-42-24-12-10-20(30)16-22(24)32/h5-12,15-16H,1-4,13-14H2,(H,33,37)(H,34,38)(H,35,39)(H,36,40). The molecule has 0 aliphatic carbocycles. The fourth-order valence-corrected chi connectivity index (χ4v) is 4.24. The first-order valence-electron chi connectivity index (χ1n) is 12.6. The first-order chi connectivity index (χ1) is 20.1. The Labute approximate surface area is 261 Å². The summed E-state index contributed by atoms with van der Waals surface area (Å²) in [6, 6.07) is 15.3. The average molecular weight is 656 g/mol. The molecule has 0 fully saturated rings. The molecule has 4 N–H and O–H groups in total. The number of hydrazine groups is 2. The Morgan fingerprint density at radius 1 is 0.548 bits per heavy atom. The SMILES string of the molecule is O=C(CCCOc1ccc(Cl)cc1Cl)NNC(=O)c1ccc(C(=O)NNC(=O)CCCOc2ccc(Cl)cc2Cl)cc1. The largest absolute Gasteiger partial charge is 0.492 e. The van der Waals surface area contributed by atoms with Crippen LogP contribution in [0.1, 0.15) is 46.4 Å². The smallest absolute Gasteiger partial charge is 0.269 e. The second kappa shape index (κ2) is 16.7.